The number of nitrogens with one attached hydrogen (secondary N) is 2. The normalized spacial score (nSPS) is 14.6. The number of amides is 2. The van der Waals surface area contributed by atoms with Crippen LogP contribution in [0.2, 0.25) is 5.28 Å². The number of fused-ring (bicyclic) bond motifs is 1. The zero-order chi connectivity index (χ0) is 17.8. The molecule has 10 nitrogen and oxygen atoms in total. The van der Waals surface area contributed by atoms with E-state index >= 15 is 0 Å². The van der Waals surface area contributed by atoms with Crippen LogP contribution in [0.3, 0.4) is 0 Å². The highest BCUT2D eigenvalue weighted by Crippen LogP contribution is 2.18. The van der Waals surface area contributed by atoms with Crippen LogP contribution in [0.1, 0.15) is 6.92 Å². The van der Waals surface area contributed by atoms with Crippen molar-refractivity contribution in [1.29, 1.82) is 0 Å². The van der Waals surface area contributed by atoms with E-state index in [1.807, 2.05) is 0 Å². The SMILES string of the molecule is CCOC(=O)N1CCN(C(=O)CNc2nc(Cl)nc3nc[nH]c23)CC1. The number of anilines is 1. The van der Waals surface area contributed by atoms with E-state index in [4.69, 9.17) is 16.3 Å². The number of hydrogen-bond donors (Lipinski definition) is 2. The molecule has 0 spiro atoms. The Morgan fingerprint density at radius 1 is 1.28 bits per heavy atom. The number of H-pyrrole nitrogens is 1. The molecule has 134 valence electrons. The molecule has 25 heavy (non-hydrogen) atoms. The van der Waals surface area contributed by atoms with Crippen LogP contribution in [0.15, 0.2) is 6.33 Å². The topological polar surface area (TPSA) is 116 Å². The minimum Gasteiger partial charge on any atom is -0.450 e. The molecular formula is C14H18ClN7O3. The monoisotopic (exact) mass is 367 g/mol. The zero-order valence-corrected chi connectivity index (χ0v) is 14.4. The van der Waals surface area contributed by atoms with Gasteiger partial charge in [0.25, 0.3) is 0 Å². The number of piperazine rings is 1. The molecule has 3 heterocycles. The lowest BCUT2D eigenvalue weighted by molar-refractivity contribution is -0.130. The highest BCUT2D eigenvalue weighted by atomic mass is 35.5. The number of hydrogen-bond acceptors (Lipinski definition) is 7. The summed E-state index contributed by atoms with van der Waals surface area (Å²) in [6, 6.07) is 0. The molecule has 0 radical (unpaired) electrons. The summed E-state index contributed by atoms with van der Waals surface area (Å²) in [7, 11) is 0. The van der Waals surface area contributed by atoms with Crippen LogP contribution >= 0.6 is 11.6 Å². The summed E-state index contributed by atoms with van der Waals surface area (Å²) in [4.78, 5) is 42.3. The molecule has 0 aliphatic carbocycles. The lowest BCUT2D eigenvalue weighted by Gasteiger charge is -2.34. The van der Waals surface area contributed by atoms with Crippen molar-refractivity contribution in [3.63, 3.8) is 0 Å². The second-order valence-electron chi connectivity index (χ2n) is 5.36. The van der Waals surface area contributed by atoms with Gasteiger partial charge in [0.15, 0.2) is 11.5 Å². The van der Waals surface area contributed by atoms with E-state index in [1.165, 1.54) is 6.33 Å². The molecule has 0 aromatic carbocycles. The second-order valence-corrected chi connectivity index (χ2v) is 5.70. The van der Waals surface area contributed by atoms with Crippen molar-refractivity contribution in [3.8, 4) is 0 Å². The van der Waals surface area contributed by atoms with Crippen LogP contribution < -0.4 is 5.32 Å². The Balaban J connectivity index is 1.55. The molecular weight excluding hydrogens is 350 g/mol. The van der Waals surface area contributed by atoms with Gasteiger partial charge in [0.05, 0.1) is 19.5 Å². The number of aromatic amines is 1. The van der Waals surface area contributed by atoms with E-state index in [0.29, 0.717) is 49.8 Å². The third-order valence-corrected chi connectivity index (χ3v) is 3.99. The van der Waals surface area contributed by atoms with E-state index in [9.17, 15) is 9.59 Å². The highest BCUT2D eigenvalue weighted by molar-refractivity contribution is 6.28. The predicted octanol–water partition coefficient (Wildman–Crippen LogP) is 0.719. The van der Waals surface area contributed by atoms with E-state index in [2.05, 4.69) is 25.3 Å². The van der Waals surface area contributed by atoms with E-state index < -0.39 is 0 Å². The van der Waals surface area contributed by atoms with Crippen LogP contribution in [0, 0.1) is 0 Å². The van der Waals surface area contributed by atoms with Gasteiger partial charge in [-0.1, -0.05) is 0 Å². The molecule has 11 heteroatoms. The Kier molecular flexibility index (Phi) is 5.17. The van der Waals surface area contributed by atoms with Crippen LogP contribution in [-0.2, 0) is 9.53 Å². The molecule has 0 atom stereocenters. The van der Waals surface area contributed by atoms with Gasteiger partial charge in [-0.3, -0.25) is 4.79 Å². The average Bonchev–Trinajstić information content (AvgIpc) is 3.08. The van der Waals surface area contributed by atoms with Gasteiger partial charge in [-0.25, -0.2) is 9.78 Å². The summed E-state index contributed by atoms with van der Waals surface area (Å²) < 4.78 is 4.96. The van der Waals surface area contributed by atoms with Gasteiger partial charge in [-0.05, 0) is 18.5 Å². The van der Waals surface area contributed by atoms with Crippen molar-refractivity contribution in [2.45, 2.75) is 6.92 Å². The first-order valence-corrected chi connectivity index (χ1v) is 8.26. The summed E-state index contributed by atoms with van der Waals surface area (Å²) >= 11 is 5.86. The summed E-state index contributed by atoms with van der Waals surface area (Å²) in [5, 5.41) is 3.02. The minimum atomic E-state index is -0.343. The number of nitrogens with zero attached hydrogens (tertiary/aromatic N) is 5. The molecule has 0 unspecified atom stereocenters. The number of aromatic nitrogens is 4. The Labute approximate surface area is 148 Å². The fourth-order valence-electron chi connectivity index (χ4n) is 2.56. The van der Waals surface area contributed by atoms with Crippen molar-refractivity contribution in [1.82, 2.24) is 29.7 Å². The fraction of sp³-hybridized carbons (Fsp3) is 0.500. The predicted molar refractivity (Wildman–Crippen MR) is 90.4 cm³/mol. The van der Waals surface area contributed by atoms with Gasteiger partial charge in [-0.2, -0.15) is 9.97 Å². The van der Waals surface area contributed by atoms with Crippen molar-refractivity contribution in [2.75, 3.05) is 44.6 Å². The second kappa shape index (κ2) is 7.51. The smallest absolute Gasteiger partial charge is 0.409 e. The molecule has 1 fully saturated rings. The first-order chi connectivity index (χ1) is 12.1. The lowest BCUT2D eigenvalue weighted by atomic mass is 10.3. The molecule has 0 saturated carbocycles. The van der Waals surface area contributed by atoms with Crippen molar-refractivity contribution >= 4 is 40.6 Å². The summed E-state index contributed by atoms with van der Waals surface area (Å²) in [6.45, 7) is 3.99. The zero-order valence-electron chi connectivity index (χ0n) is 13.7. The van der Waals surface area contributed by atoms with Crippen LogP contribution in [0.5, 0.6) is 0 Å². The maximum atomic E-state index is 12.4. The largest absolute Gasteiger partial charge is 0.450 e. The molecule has 1 saturated heterocycles. The first-order valence-electron chi connectivity index (χ1n) is 7.88. The Hall–Kier alpha value is -2.62. The van der Waals surface area contributed by atoms with Gasteiger partial charge in [0.1, 0.15) is 5.52 Å². The van der Waals surface area contributed by atoms with Gasteiger partial charge in [0, 0.05) is 26.2 Å². The van der Waals surface area contributed by atoms with Crippen molar-refractivity contribution in [2.24, 2.45) is 0 Å². The molecule has 2 aromatic heterocycles. The molecule has 1 aliphatic rings. The molecule has 2 N–H and O–H groups in total. The van der Waals surface area contributed by atoms with E-state index in [1.54, 1.807) is 16.7 Å². The standard InChI is InChI=1S/C14H18ClN7O3/c1-2-25-14(24)22-5-3-21(4-6-22)9(23)7-16-11-10-12(18-8-17-10)20-13(15)19-11/h8H,2-7H2,1H3,(H2,16,17,18,19,20). The van der Waals surface area contributed by atoms with Crippen molar-refractivity contribution in [3.05, 3.63) is 11.6 Å². The minimum absolute atomic E-state index is 0.0533. The molecule has 0 bridgehead atoms. The Morgan fingerprint density at radius 3 is 2.72 bits per heavy atom. The summed E-state index contributed by atoms with van der Waals surface area (Å²) in [5.41, 5.74) is 1.02. The number of rotatable bonds is 4. The third-order valence-electron chi connectivity index (χ3n) is 3.82. The van der Waals surface area contributed by atoms with Gasteiger partial charge < -0.3 is 24.8 Å². The van der Waals surface area contributed by atoms with Crippen molar-refractivity contribution < 1.29 is 14.3 Å². The number of halogens is 1. The quantitative estimate of drug-likeness (QED) is 0.764. The number of carbonyl (C=O) groups is 2. The third kappa shape index (κ3) is 3.90. The van der Waals surface area contributed by atoms with E-state index in [-0.39, 0.29) is 23.8 Å². The Bertz CT molecular complexity index is 773. The Morgan fingerprint density at radius 2 is 2.00 bits per heavy atom. The van der Waals surface area contributed by atoms with Crippen LogP contribution in [0.25, 0.3) is 11.2 Å². The van der Waals surface area contributed by atoms with Gasteiger partial charge in [0.2, 0.25) is 11.2 Å². The van der Waals surface area contributed by atoms with Gasteiger partial charge >= 0.3 is 6.09 Å². The average molecular weight is 368 g/mol. The highest BCUT2D eigenvalue weighted by Gasteiger charge is 2.24. The molecule has 2 amide bonds. The fourth-order valence-corrected chi connectivity index (χ4v) is 2.72. The summed E-state index contributed by atoms with van der Waals surface area (Å²) in [5.74, 6) is 0.330. The maximum Gasteiger partial charge on any atom is 0.409 e. The van der Waals surface area contributed by atoms with Crippen LogP contribution in [0.4, 0.5) is 10.6 Å². The molecule has 2 aromatic rings. The lowest BCUT2D eigenvalue weighted by Crippen LogP contribution is -2.51. The molecule has 1 aliphatic heterocycles. The number of imidazole rings is 1. The molecule has 3 rings (SSSR count). The van der Waals surface area contributed by atoms with Crippen LogP contribution in [-0.4, -0.2) is 81.1 Å². The maximum absolute atomic E-state index is 12.4. The first kappa shape index (κ1) is 17.2. The number of ether oxygens (including phenoxy) is 1. The number of carbonyl (C=O) groups excluding carboxylic acids is 2. The van der Waals surface area contributed by atoms with Gasteiger partial charge in [-0.15, -0.1) is 0 Å². The van der Waals surface area contributed by atoms with E-state index in [0.717, 1.165) is 0 Å². The summed E-state index contributed by atoms with van der Waals surface area (Å²) in [6.07, 6.45) is 1.14.